The van der Waals surface area contributed by atoms with E-state index >= 15 is 0 Å². The monoisotopic (exact) mass is 460 g/mol. The van der Waals surface area contributed by atoms with Gasteiger partial charge in [-0.1, -0.05) is 78.9 Å². The lowest BCUT2D eigenvalue weighted by Crippen LogP contribution is -1.88. The Morgan fingerprint density at radius 1 is 0.630 bits per heavy atom. The van der Waals surface area contributed by atoms with Crippen LogP contribution in [0.2, 0.25) is 0 Å². The molecule has 0 aliphatic rings. The summed E-state index contributed by atoms with van der Waals surface area (Å²) < 4.78 is 1.06. The number of aromatic nitrogens is 2. The minimum atomic E-state index is 1.04. The van der Waals surface area contributed by atoms with Crippen molar-refractivity contribution in [1.29, 1.82) is 0 Å². The van der Waals surface area contributed by atoms with Gasteiger partial charge in [-0.15, -0.1) is 0 Å². The van der Waals surface area contributed by atoms with Crippen LogP contribution in [0.4, 0.5) is 0 Å². The zero-order valence-electron chi connectivity index (χ0n) is 14.6. The van der Waals surface area contributed by atoms with E-state index in [4.69, 9.17) is 0 Å². The highest BCUT2D eigenvalue weighted by molar-refractivity contribution is 14.1. The van der Waals surface area contributed by atoms with Gasteiger partial charge in [0.15, 0.2) is 0 Å². The minimum absolute atomic E-state index is 1.04. The van der Waals surface area contributed by atoms with Crippen molar-refractivity contribution < 1.29 is 0 Å². The fourth-order valence-corrected chi connectivity index (χ4v) is 3.68. The number of para-hydroxylation sites is 1. The standard InChI is InChI=1S/C15H10IN.C9H7N/c16-15-13-9-5-4-8-12(13)10-14(17-15)11-6-2-1-3-7-11;1-2-6-9-8(4-1)5-3-7-10-9/h1-10H;1-7H. The first-order chi connectivity index (χ1) is 13.3. The van der Waals surface area contributed by atoms with Crippen LogP contribution in [-0.2, 0) is 0 Å². The highest BCUT2D eigenvalue weighted by Crippen LogP contribution is 2.25. The molecule has 5 rings (SSSR count). The summed E-state index contributed by atoms with van der Waals surface area (Å²) in [5, 5.41) is 3.66. The average Bonchev–Trinajstić information content (AvgIpc) is 2.75. The first kappa shape index (κ1) is 17.6. The van der Waals surface area contributed by atoms with E-state index in [1.807, 2.05) is 54.7 Å². The van der Waals surface area contributed by atoms with E-state index in [2.05, 4.69) is 81.1 Å². The van der Waals surface area contributed by atoms with Crippen molar-refractivity contribution in [1.82, 2.24) is 9.97 Å². The zero-order valence-corrected chi connectivity index (χ0v) is 16.7. The first-order valence-corrected chi connectivity index (χ1v) is 9.79. The number of hydrogen-bond acceptors (Lipinski definition) is 2. The summed E-state index contributed by atoms with van der Waals surface area (Å²) >= 11 is 2.30. The summed E-state index contributed by atoms with van der Waals surface area (Å²) in [7, 11) is 0. The molecule has 0 saturated carbocycles. The minimum Gasteiger partial charge on any atom is -0.256 e. The van der Waals surface area contributed by atoms with Crippen LogP contribution in [-0.4, -0.2) is 9.97 Å². The van der Waals surface area contributed by atoms with Gasteiger partial charge < -0.3 is 0 Å². The third-order valence-electron chi connectivity index (χ3n) is 4.28. The Kier molecular flexibility index (Phi) is 5.39. The van der Waals surface area contributed by atoms with Crippen molar-refractivity contribution in [3.63, 3.8) is 0 Å². The Bertz CT molecular complexity index is 1120. The van der Waals surface area contributed by atoms with E-state index in [0.29, 0.717) is 0 Å². The van der Waals surface area contributed by atoms with Gasteiger partial charge in [-0.25, -0.2) is 4.98 Å². The van der Waals surface area contributed by atoms with Gasteiger partial charge in [0.25, 0.3) is 0 Å². The van der Waals surface area contributed by atoms with Gasteiger partial charge >= 0.3 is 0 Å². The topological polar surface area (TPSA) is 25.8 Å². The molecule has 2 nitrogen and oxygen atoms in total. The van der Waals surface area contributed by atoms with Crippen LogP contribution in [0.3, 0.4) is 0 Å². The molecule has 3 aromatic carbocycles. The molecule has 0 saturated heterocycles. The quantitative estimate of drug-likeness (QED) is 0.205. The van der Waals surface area contributed by atoms with Gasteiger partial charge in [0.1, 0.15) is 3.70 Å². The second kappa shape index (κ2) is 8.27. The molecular formula is C24H17IN2. The van der Waals surface area contributed by atoms with E-state index < -0.39 is 0 Å². The maximum atomic E-state index is 4.66. The molecule has 0 bridgehead atoms. The SMILES string of the molecule is Ic1nc(-c2ccccc2)cc2ccccc12.c1ccc2ncccc2c1. The van der Waals surface area contributed by atoms with Crippen LogP contribution in [0.1, 0.15) is 0 Å². The molecule has 0 amide bonds. The molecular weight excluding hydrogens is 443 g/mol. The predicted octanol–water partition coefficient (Wildman–Crippen LogP) is 6.74. The predicted molar refractivity (Wildman–Crippen MR) is 122 cm³/mol. The van der Waals surface area contributed by atoms with Crippen molar-refractivity contribution in [2.24, 2.45) is 0 Å². The lowest BCUT2D eigenvalue weighted by atomic mass is 10.1. The summed E-state index contributed by atoms with van der Waals surface area (Å²) in [5.41, 5.74) is 3.26. The average molecular weight is 460 g/mol. The third-order valence-corrected chi connectivity index (χ3v) is 5.10. The highest BCUT2D eigenvalue weighted by atomic mass is 127. The molecule has 2 aromatic heterocycles. The maximum Gasteiger partial charge on any atom is 0.109 e. The molecule has 0 atom stereocenters. The van der Waals surface area contributed by atoms with E-state index in [9.17, 15) is 0 Å². The second-order valence-corrected chi connectivity index (χ2v) is 7.10. The third kappa shape index (κ3) is 4.14. The molecule has 0 N–H and O–H groups in total. The van der Waals surface area contributed by atoms with Gasteiger partial charge in [0.05, 0.1) is 11.2 Å². The Labute approximate surface area is 172 Å². The van der Waals surface area contributed by atoms with Crippen LogP contribution in [0.15, 0.2) is 103 Å². The van der Waals surface area contributed by atoms with Crippen molar-refractivity contribution in [2.45, 2.75) is 0 Å². The number of benzene rings is 3. The van der Waals surface area contributed by atoms with E-state index in [0.717, 1.165) is 20.5 Å². The van der Waals surface area contributed by atoms with Crippen LogP contribution in [0.5, 0.6) is 0 Å². The van der Waals surface area contributed by atoms with E-state index in [-0.39, 0.29) is 0 Å². The molecule has 3 heteroatoms. The van der Waals surface area contributed by atoms with Gasteiger partial charge in [-0.3, -0.25) is 4.98 Å². The lowest BCUT2D eigenvalue weighted by Gasteiger charge is -2.05. The van der Waals surface area contributed by atoms with Gasteiger partial charge in [0, 0.05) is 22.5 Å². The molecule has 0 aliphatic carbocycles. The fraction of sp³-hybridized carbons (Fsp3) is 0. The van der Waals surface area contributed by atoms with Gasteiger partial charge in [-0.05, 0) is 46.2 Å². The smallest absolute Gasteiger partial charge is 0.109 e. The number of halogens is 1. The molecule has 0 spiro atoms. The summed E-state index contributed by atoms with van der Waals surface area (Å²) in [6.07, 6.45) is 1.81. The van der Waals surface area contributed by atoms with Crippen LogP contribution >= 0.6 is 22.6 Å². The second-order valence-electron chi connectivity index (χ2n) is 6.08. The number of hydrogen-bond donors (Lipinski definition) is 0. The van der Waals surface area contributed by atoms with Crippen molar-refractivity contribution >= 4 is 44.3 Å². The summed E-state index contributed by atoms with van der Waals surface area (Å²) in [6, 6.07) is 32.9. The van der Waals surface area contributed by atoms with Crippen molar-refractivity contribution in [3.05, 3.63) is 107 Å². The van der Waals surface area contributed by atoms with Gasteiger partial charge in [0.2, 0.25) is 0 Å². The summed E-state index contributed by atoms with van der Waals surface area (Å²) in [5.74, 6) is 0. The molecule has 5 aromatic rings. The molecule has 27 heavy (non-hydrogen) atoms. The van der Waals surface area contributed by atoms with Crippen LogP contribution in [0.25, 0.3) is 32.9 Å². The Morgan fingerprint density at radius 3 is 2.11 bits per heavy atom. The lowest BCUT2D eigenvalue weighted by molar-refractivity contribution is 1.31. The first-order valence-electron chi connectivity index (χ1n) is 8.72. The number of fused-ring (bicyclic) bond motifs is 2. The van der Waals surface area contributed by atoms with Crippen LogP contribution < -0.4 is 0 Å². The Balaban J connectivity index is 0.000000153. The van der Waals surface area contributed by atoms with Crippen molar-refractivity contribution in [2.75, 3.05) is 0 Å². The summed E-state index contributed by atoms with van der Waals surface area (Å²) in [6.45, 7) is 0. The molecule has 0 aliphatic heterocycles. The summed E-state index contributed by atoms with van der Waals surface area (Å²) in [4.78, 5) is 8.84. The largest absolute Gasteiger partial charge is 0.256 e. The molecule has 2 heterocycles. The fourth-order valence-electron chi connectivity index (χ4n) is 2.93. The number of rotatable bonds is 1. The van der Waals surface area contributed by atoms with Crippen LogP contribution in [0, 0.1) is 3.70 Å². The number of pyridine rings is 2. The number of nitrogens with zero attached hydrogens (tertiary/aromatic N) is 2. The van der Waals surface area contributed by atoms with Gasteiger partial charge in [-0.2, -0.15) is 0 Å². The zero-order chi connectivity index (χ0) is 18.5. The molecule has 0 radical (unpaired) electrons. The molecule has 130 valence electrons. The maximum absolute atomic E-state index is 4.66. The normalized spacial score (nSPS) is 10.4. The molecule has 0 unspecified atom stereocenters. The van der Waals surface area contributed by atoms with Crippen molar-refractivity contribution in [3.8, 4) is 11.3 Å². The Morgan fingerprint density at radius 2 is 1.30 bits per heavy atom. The van der Waals surface area contributed by atoms with E-state index in [1.54, 1.807) is 0 Å². The van der Waals surface area contributed by atoms with E-state index in [1.165, 1.54) is 16.2 Å². The molecule has 0 fully saturated rings. The highest BCUT2D eigenvalue weighted by Gasteiger charge is 2.04. The Hall–Kier alpha value is -2.79.